The Bertz CT molecular complexity index is 742. The highest BCUT2D eigenvalue weighted by Crippen LogP contribution is 2.22. The van der Waals surface area contributed by atoms with E-state index in [-0.39, 0.29) is 12.5 Å². The van der Waals surface area contributed by atoms with Gasteiger partial charge in [0, 0.05) is 5.69 Å². The van der Waals surface area contributed by atoms with E-state index >= 15 is 0 Å². The quantitative estimate of drug-likeness (QED) is 0.566. The first-order chi connectivity index (χ1) is 12.0. The number of hydrazine groups is 1. The molecule has 0 saturated carbocycles. The molecule has 2 aromatic rings. The Balaban J connectivity index is 1.80. The minimum atomic E-state index is -0.310. The van der Waals surface area contributed by atoms with Crippen molar-refractivity contribution in [3.05, 3.63) is 59.2 Å². The molecular formula is C19H23N3O2S. The van der Waals surface area contributed by atoms with Gasteiger partial charge in [0.25, 0.3) is 5.91 Å². The topological polar surface area (TPSA) is 62.4 Å². The van der Waals surface area contributed by atoms with Gasteiger partial charge >= 0.3 is 0 Å². The molecule has 2 aromatic carbocycles. The van der Waals surface area contributed by atoms with E-state index in [4.69, 9.17) is 17.0 Å². The summed E-state index contributed by atoms with van der Waals surface area (Å²) in [6.45, 7) is 5.88. The Morgan fingerprint density at radius 2 is 1.72 bits per heavy atom. The number of carbonyl (C=O) groups is 1. The lowest BCUT2D eigenvalue weighted by atomic mass is 10.1. The Kier molecular flexibility index (Phi) is 6.77. The Hall–Kier alpha value is -2.60. The number of benzene rings is 2. The van der Waals surface area contributed by atoms with Gasteiger partial charge in [-0.25, -0.2) is 0 Å². The van der Waals surface area contributed by atoms with Gasteiger partial charge in [0.1, 0.15) is 5.75 Å². The Labute approximate surface area is 153 Å². The fourth-order valence-corrected chi connectivity index (χ4v) is 2.59. The minimum Gasteiger partial charge on any atom is -0.483 e. The molecule has 0 spiro atoms. The first kappa shape index (κ1) is 18.7. The zero-order valence-corrected chi connectivity index (χ0v) is 15.5. The van der Waals surface area contributed by atoms with Crippen LogP contribution in [-0.2, 0) is 11.2 Å². The summed E-state index contributed by atoms with van der Waals surface area (Å²) in [6, 6.07) is 13.7. The van der Waals surface area contributed by atoms with E-state index in [0.717, 1.165) is 34.5 Å². The van der Waals surface area contributed by atoms with Crippen LogP contribution < -0.4 is 20.9 Å². The molecule has 3 N–H and O–H groups in total. The van der Waals surface area contributed by atoms with Crippen LogP contribution in [0.15, 0.2) is 42.5 Å². The first-order valence-corrected chi connectivity index (χ1v) is 8.54. The lowest BCUT2D eigenvalue weighted by molar-refractivity contribution is -0.123. The van der Waals surface area contributed by atoms with Crippen LogP contribution in [0.1, 0.15) is 23.6 Å². The number of anilines is 1. The van der Waals surface area contributed by atoms with Gasteiger partial charge < -0.3 is 10.1 Å². The number of hydrogen-bond donors (Lipinski definition) is 3. The molecule has 1 amide bonds. The van der Waals surface area contributed by atoms with Gasteiger partial charge in [-0.05, 0) is 55.2 Å². The van der Waals surface area contributed by atoms with Gasteiger partial charge in [0.15, 0.2) is 11.7 Å². The van der Waals surface area contributed by atoms with E-state index in [1.165, 1.54) is 0 Å². The van der Waals surface area contributed by atoms with Crippen LogP contribution in [0, 0.1) is 13.8 Å². The number of hydrogen-bond acceptors (Lipinski definition) is 3. The zero-order valence-electron chi connectivity index (χ0n) is 14.7. The maximum Gasteiger partial charge on any atom is 0.276 e. The van der Waals surface area contributed by atoms with Gasteiger partial charge in [-0.1, -0.05) is 43.3 Å². The van der Waals surface area contributed by atoms with Crippen molar-refractivity contribution in [3.8, 4) is 5.75 Å². The van der Waals surface area contributed by atoms with Gasteiger partial charge in [0.2, 0.25) is 0 Å². The molecule has 0 saturated heterocycles. The van der Waals surface area contributed by atoms with Crippen LogP contribution in [0.3, 0.4) is 0 Å². The molecule has 25 heavy (non-hydrogen) atoms. The van der Waals surface area contributed by atoms with Crippen molar-refractivity contribution >= 4 is 28.9 Å². The third kappa shape index (κ3) is 5.46. The summed E-state index contributed by atoms with van der Waals surface area (Å²) in [6.07, 6.45) is 0.891. The van der Waals surface area contributed by atoms with Crippen molar-refractivity contribution in [1.29, 1.82) is 0 Å². The summed E-state index contributed by atoms with van der Waals surface area (Å²) in [5, 5.41) is 3.39. The standard InChI is InChI=1S/C19H23N3O2S/c1-4-15-10-5-6-11-16(15)20-19(25)22-21-17(23)12-24-18-13(2)8-7-9-14(18)3/h5-11H,4,12H2,1-3H3,(H,21,23)(H2,20,22,25). The van der Waals surface area contributed by atoms with Gasteiger partial charge in [0.05, 0.1) is 0 Å². The van der Waals surface area contributed by atoms with E-state index in [1.54, 1.807) is 0 Å². The van der Waals surface area contributed by atoms with Gasteiger partial charge in [-0.2, -0.15) is 0 Å². The minimum absolute atomic E-state index is 0.0904. The number of thiocarbonyl (C=S) groups is 1. The number of nitrogens with one attached hydrogen (secondary N) is 3. The Morgan fingerprint density at radius 3 is 2.40 bits per heavy atom. The molecule has 0 radical (unpaired) electrons. The number of carbonyl (C=O) groups excluding carboxylic acids is 1. The monoisotopic (exact) mass is 357 g/mol. The van der Waals surface area contributed by atoms with Crippen LogP contribution >= 0.6 is 12.2 Å². The second kappa shape index (κ2) is 9.03. The third-order valence-electron chi connectivity index (χ3n) is 3.72. The molecule has 2 rings (SSSR count). The summed E-state index contributed by atoms with van der Waals surface area (Å²) in [4.78, 5) is 11.9. The highest BCUT2D eigenvalue weighted by Gasteiger charge is 2.08. The number of aryl methyl sites for hydroxylation is 3. The van der Waals surface area contributed by atoms with Gasteiger partial charge in [-0.3, -0.25) is 15.6 Å². The maximum atomic E-state index is 11.9. The molecule has 0 aromatic heterocycles. The maximum absolute atomic E-state index is 11.9. The lowest BCUT2D eigenvalue weighted by Gasteiger charge is -2.15. The van der Waals surface area contributed by atoms with Crippen LogP contribution in [0.4, 0.5) is 5.69 Å². The predicted molar refractivity (Wildman–Crippen MR) is 105 cm³/mol. The fourth-order valence-electron chi connectivity index (χ4n) is 2.43. The third-order valence-corrected chi connectivity index (χ3v) is 3.92. The van der Waals surface area contributed by atoms with Crippen LogP contribution in [-0.4, -0.2) is 17.6 Å². The van der Waals surface area contributed by atoms with E-state index in [9.17, 15) is 4.79 Å². The second-order valence-electron chi connectivity index (χ2n) is 5.65. The second-order valence-corrected chi connectivity index (χ2v) is 6.06. The van der Waals surface area contributed by atoms with Crippen molar-refractivity contribution in [1.82, 2.24) is 10.9 Å². The van der Waals surface area contributed by atoms with Crippen molar-refractivity contribution in [2.75, 3.05) is 11.9 Å². The van der Waals surface area contributed by atoms with Crippen LogP contribution in [0.2, 0.25) is 0 Å². The molecule has 0 atom stereocenters. The average Bonchev–Trinajstić information content (AvgIpc) is 2.60. The lowest BCUT2D eigenvalue weighted by Crippen LogP contribution is -2.45. The molecule has 0 heterocycles. The molecule has 0 bridgehead atoms. The number of rotatable bonds is 5. The summed E-state index contributed by atoms with van der Waals surface area (Å²) >= 11 is 5.20. The fraction of sp³-hybridized carbons (Fsp3) is 0.263. The average molecular weight is 357 g/mol. The molecule has 132 valence electrons. The van der Waals surface area contributed by atoms with Gasteiger partial charge in [-0.15, -0.1) is 0 Å². The molecular weight excluding hydrogens is 334 g/mol. The van der Waals surface area contributed by atoms with E-state index in [0.29, 0.717) is 5.11 Å². The summed E-state index contributed by atoms with van der Waals surface area (Å²) in [5.74, 6) is 0.422. The molecule has 0 aliphatic heterocycles. The normalized spacial score (nSPS) is 10.0. The predicted octanol–water partition coefficient (Wildman–Crippen LogP) is 3.26. The molecule has 5 nitrogen and oxygen atoms in total. The zero-order chi connectivity index (χ0) is 18.2. The van der Waals surface area contributed by atoms with E-state index < -0.39 is 0 Å². The van der Waals surface area contributed by atoms with Crippen LogP contribution in [0.25, 0.3) is 0 Å². The largest absolute Gasteiger partial charge is 0.483 e. The number of ether oxygens (including phenoxy) is 1. The van der Waals surface area contributed by atoms with Crippen molar-refractivity contribution < 1.29 is 9.53 Å². The van der Waals surface area contributed by atoms with Crippen LogP contribution in [0.5, 0.6) is 5.75 Å². The highest BCUT2D eigenvalue weighted by molar-refractivity contribution is 7.80. The number of para-hydroxylation sites is 2. The van der Waals surface area contributed by atoms with E-state index in [2.05, 4.69) is 23.1 Å². The number of amides is 1. The van der Waals surface area contributed by atoms with E-state index in [1.807, 2.05) is 56.3 Å². The van der Waals surface area contributed by atoms with Crippen molar-refractivity contribution in [3.63, 3.8) is 0 Å². The molecule has 0 unspecified atom stereocenters. The molecule has 0 aliphatic rings. The summed E-state index contributed by atoms with van der Waals surface area (Å²) < 4.78 is 5.60. The molecule has 0 fully saturated rings. The Morgan fingerprint density at radius 1 is 1.04 bits per heavy atom. The van der Waals surface area contributed by atoms with Crippen molar-refractivity contribution in [2.24, 2.45) is 0 Å². The first-order valence-electron chi connectivity index (χ1n) is 8.14. The molecule has 6 heteroatoms. The summed E-state index contributed by atoms with van der Waals surface area (Å²) in [5.41, 5.74) is 9.28. The SMILES string of the molecule is CCc1ccccc1NC(=S)NNC(=O)COc1c(C)cccc1C. The summed E-state index contributed by atoms with van der Waals surface area (Å²) in [7, 11) is 0. The smallest absolute Gasteiger partial charge is 0.276 e. The van der Waals surface area contributed by atoms with Crippen molar-refractivity contribution in [2.45, 2.75) is 27.2 Å². The highest BCUT2D eigenvalue weighted by atomic mass is 32.1. The molecule has 0 aliphatic carbocycles.